The molecule has 6 heteroatoms. The van der Waals surface area contributed by atoms with Crippen LogP contribution >= 0.6 is 12.2 Å². The largest absolute Gasteiger partial charge is 0.497 e. The van der Waals surface area contributed by atoms with Crippen molar-refractivity contribution in [3.63, 3.8) is 0 Å². The molecule has 2 aromatic rings. The van der Waals surface area contributed by atoms with Crippen LogP contribution in [0.2, 0.25) is 0 Å². The molecule has 0 atom stereocenters. The average Bonchev–Trinajstić information content (AvgIpc) is 2.72. The van der Waals surface area contributed by atoms with Crippen LogP contribution in [0, 0.1) is 0 Å². The van der Waals surface area contributed by atoms with Crippen LogP contribution in [0.3, 0.4) is 0 Å². The minimum Gasteiger partial charge on any atom is -0.497 e. The van der Waals surface area contributed by atoms with Crippen LogP contribution in [0.15, 0.2) is 60.7 Å². The summed E-state index contributed by atoms with van der Waals surface area (Å²) >= 11 is 5.45. The highest BCUT2D eigenvalue weighted by atomic mass is 32.1. The third-order valence-corrected chi connectivity index (χ3v) is 4.47. The Kier molecular flexibility index (Phi) is 9.18. The predicted molar refractivity (Wildman–Crippen MR) is 116 cm³/mol. The molecule has 0 aliphatic carbocycles. The number of carbonyl (C=O) groups is 1. The van der Waals surface area contributed by atoms with Crippen molar-refractivity contribution in [2.45, 2.75) is 19.4 Å². The Morgan fingerprint density at radius 1 is 1.14 bits per heavy atom. The lowest BCUT2D eigenvalue weighted by Gasteiger charge is -2.25. The number of aliphatic hydroxyl groups excluding tert-OH is 1. The SMILES string of the molecule is COc1ccc(/C=C/C(=O)NC(=S)N(CCCCO)Cc2ccccc2)cc1. The van der Waals surface area contributed by atoms with Gasteiger partial charge >= 0.3 is 0 Å². The summed E-state index contributed by atoms with van der Waals surface area (Å²) in [5.41, 5.74) is 2.00. The molecule has 0 aliphatic heterocycles. The summed E-state index contributed by atoms with van der Waals surface area (Å²) in [6.45, 7) is 1.41. The zero-order valence-electron chi connectivity index (χ0n) is 16.0. The van der Waals surface area contributed by atoms with Gasteiger partial charge in [0.15, 0.2) is 5.11 Å². The van der Waals surface area contributed by atoms with Gasteiger partial charge in [0.1, 0.15) is 5.75 Å². The summed E-state index contributed by atoms with van der Waals surface area (Å²) in [5.74, 6) is 0.489. The number of unbranched alkanes of at least 4 members (excludes halogenated alkanes) is 1. The minimum absolute atomic E-state index is 0.142. The number of amides is 1. The number of methoxy groups -OCH3 is 1. The molecule has 0 aliphatic rings. The van der Waals surface area contributed by atoms with Crippen LogP contribution in [-0.4, -0.2) is 41.3 Å². The number of hydrogen-bond donors (Lipinski definition) is 2. The Morgan fingerprint density at radius 2 is 1.86 bits per heavy atom. The smallest absolute Gasteiger partial charge is 0.250 e. The summed E-state index contributed by atoms with van der Waals surface area (Å²) in [4.78, 5) is 14.2. The molecule has 0 heterocycles. The third kappa shape index (κ3) is 7.50. The molecule has 0 aromatic heterocycles. The fourth-order valence-corrected chi connectivity index (χ4v) is 2.84. The first-order chi connectivity index (χ1) is 13.6. The zero-order valence-corrected chi connectivity index (χ0v) is 16.8. The lowest BCUT2D eigenvalue weighted by molar-refractivity contribution is -0.115. The summed E-state index contributed by atoms with van der Waals surface area (Å²) < 4.78 is 5.12. The number of nitrogens with zero attached hydrogens (tertiary/aromatic N) is 1. The number of nitrogens with one attached hydrogen (secondary N) is 1. The Hall–Kier alpha value is -2.70. The quantitative estimate of drug-likeness (QED) is 0.385. The van der Waals surface area contributed by atoms with Crippen LogP contribution in [0.5, 0.6) is 5.75 Å². The van der Waals surface area contributed by atoms with E-state index in [2.05, 4.69) is 5.32 Å². The monoisotopic (exact) mass is 398 g/mol. The molecule has 0 radical (unpaired) electrons. The summed E-state index contributed by atoms with van der Waals surface area (Å²) in [5, 5.41) is 12.2. The molecule has 1 amide bonds. The molecule has 2 aromatic carbocycles. The third-order valence-electron chi connectivity index (χ3n) is 4.11. The zero-order chi connectivity index (χ0) is 20.2. The first kappa shape index (κ1) is 21.6. The minimum atomic E-state index is -0.277. The van der Waals surface area contributed by atoms with E-state index in [1.807, 2.05) is 59.5 Å². The molecular formula is C22H26N2O3S. The van der Waals surface area contributed by atoms with Crippen LogP contribution in [0.4, 0.5) is 0 Å². The fourth-order valence-electron chi connectivity index (χ4n) is 2.58. The second kappa shape index (κ2) is 11.9. The summed E-state index contributed by atoms with van der Waals surface area (Å²) in [6.07, 6.45) is 4.67. The van der Waals surface area contributed by atoms with Gasteiger partial charge in [-0.25, -0.2) is 0 Å². The molecule has 0 saturated carbocycles. The van der Waals surface area contributed by atoms with Crippen molar-refractivity contribution in [1.29, 1.82) is 0 Å². The van der Waals surface area contributed by atoms with Gasteiger partial charge in [-0.3, -0.25) is 10.1 Å². The van der Waals surface area contributed by atoms with E-state index in [0.717, 1.165) is 23.3 Å². The van der Waals surface area contributed by atoms with Crippen molar-refractivity contribution >= 4 is 29.3 Å². The van der Waals surface area contributed by atoms with Crippen molar-refractivity contribution in [2.24, 2.45) is 0 Å². The predicted octanol–water partition coefficient (Wildman–Crippen LogP) is 3.38. The van der Waals surface area contributed by atoms with E-state index in [0.29, 0.717) is 24.6 Å². The van der Waals surface area contributed by atoms with E-state index < -0.39 is 0 Å². The van der Waals surface area contributed by atoms with Crippen LogP contribution in [-0.2, 0) is 11.3 Å². The van der Waals surface area contributed by atoms with Crippen LogP contribution < -0.4 is 10.1 Å². The standard InChI is InChI=1S/C22H26N2O3S/c1-27-20-12-9-18(10-13-20)11-14-21(26)23-22(28)24(15-5-6-16-25)17-19-7-3-2-4-8-19/h2-4,7-14,25H,5-6,15-17H2,1H3,(H,23,26,28)/b14-11+. The highest BCUT2D eigenvalue weighted by molar-refractivity contribution is 7.80. The topological polar surface area (TPSA) is 61.8 Å². The maximum absolute atomic E-state index is 12.3. The maximum Gasteiger partial charge on any atom is 0.250 e. The molecule has 0 spiro atoms. The maximum atomic E-state index is 12.3. The van der Waals surface area contributed by atoms with Crippen LogP contribution in [0.25, 0.3) is 6.08 Å². The van der Waals surface area contributed by atoms with E-state index >= 15 is 0 Å². The Balaban J connectivity index is 1.95. The second-order valence-corrected chi connectivity index (χ2v) is 6.63. The number of aliphatic hydroxyl groups is 1. The lowest BCUT2D eigenvalue weighted by atomic mass is 10.2. The number of carbonyl (C=O) groups excluding carboxylic acids is 1. The Bertz CT molecular complexity index is 776. The first-order valence-corrected chi connectivity index (χ1v) is 9.60. The number of thiocarbonyl (C=S) groups is 1. The molecule has 148 valence electrons. The van der Waals surface area contributed by atoms with Gasteiger partial charge in [0.25, 0.3) is 0 Å². The number of hydrogen-bond acceptors (Lipinski definition) is 4. The van der Waals surface area contributed by atoms with Gasteiger partial charge in [-0.05, 0) is 54.4 Å². The van der Waals surface area contributed by atoms with Gasteiger partial charge in [0, 0.05) is 25.8 Å². The average molecular weight is 399 g/mol. The fraction of sp³-hybridized carbons (Fsp3) is 0.273. The lowest BCUT2D eigenvalue weighted by Crippen LogP contribution is -2.42. The van der Waals surface area contributed by atoms with E-state index in [9.17, 15) is 4.79 Å². The molecule has 2 rings (SSSR count). The number of ether oxygens (including phenoxy) is 1. The second-order valence-electron chi connectivity index (χ2n) is 6.24. The molecule has 0 unspecified atom stereocenters. The van der Waals surface area contributed by atoms with Gasteiger partial charge in [-0.15, -0.1) is 0 Å². The molecule has 28 heavy (non-hydrogen) atoms. The molecular weight excluding hydrogens is 372 g/mol. The molecule has 2 N–H and O–H groups in total. The molecule has 0 saturated heterocycles. The van der Waals surface area contributed by atoms with Crippen molar-refractivity contribution in [3.05, 3.63) is 71.8 Å². The van der Waals surface area contributed by atoms with Crippen LogP contribution in [0.1, 0.15) is 24.0 Å². The normalized spacial score (nSPS) is 10.6. The number of benzene rings is 2. The summed E-state index contributed by atoms with van der Waals surface area (Å²) in [7, 11) is 1.61. The van der Waals surface area contributed by atoms with Gasteiger partial charge in [0.05, 0.1) is 7.11 Å². The molecule has 5 nitrogen and oxygen atoms in total. The van der Waals surface area contributed by atoms with E-state index in [4.69, 9.17) is 22.1 Å². The van der Waals surface area contributed by atoms with Crippen molar-refractivity contribution in [2.75, 3.05) is 20.3 Å². The van der Waals surface area contributed by atoms with Crippen molar-refractivity contribution in [3.8, 4) is 5.75 Å². The first-order valence-electron chi connectivity index (χ1n) is 9.19. The van der Waals surface area contributed by atoms with Gasteiger partial charge in [-0.1, -0.05) is 42.5 Å². The van der Waals surface area contributed by atoms with E-state index in [1.165, 1.54) is 6.08 Å². The van der Waals surface area contributed by atoms with Gasteiger partial charge in [0.2, 0.25) is 5.91 Å². The van der Waals surface area contributed by atoms with Gasteiger partial charge < -0.3 is 14.7 Å². The van der Waals surface area contributed by atoms with Gasteiger partial charge in [-0.2, -0.15) is 0 Å². The highest BCUT2D eigenvalue weighted by Gasteiger charge is 2.12. The van der Waals surface area contributed by atoms with Crippen molar-refractivity contribution < 1.29 is 14.6 Å². The van der Waals surface area contributed by atoms with E-state index in [1.54, 1.807) is 13.2 Å². The Labute approximate surface area is 171 Å². The Morgan fingerprint density at radius 3 is 2.50 bits per heavy atom. The van der Waals surface area contributed by atoms with E-state index in [-0.39, 0.29) is 12.5 Å². The van der Waals surface area contributed by atoms with Crippen molar-refractivity contribution in [1.82, 2.24) is 10.2 Å². The molecule has 0 fully saturated rings. The highest BCUT2D eigenvalue weighted by Crippen LogP contribution is 2.12. The molecule has 0 bridgehead atoms. The number of rotatable bonds is 9. The summed E-state index contributed by atoms with van der Waals surface area (Å²) in [6, 6.07) is 17.4.